The molecule has 1 unspecified atom stereocenters. The fourth-order valence-electron chi connectivity index (χ4n) is 5.64. The van der Waals surface area contributed by atoms with Gasteiger partial charge in [0.1, 0.15) is 28.8 Å². The molecule has 4 aromatic rings. The summed E-state index contributed by atoms with van der Waals surface area (Å²) in [7, 11) is 0. The van der Waals surface area contributed by atoms with E-state index in [0.717, 1.165) is 35.4 Å². The van der Waals surface area contributed by atoms with Crippen LogP contribution in [0.25, 0.3) is 0 Å². The fraction of sp³-hybridized carbons (Fsp3) is 0.273. The molecule has 1 aliphatic carbocycles. The summed E-state index contributed by atoms with van der Waals surface area (Å²) in [5.41, 5.74) is 3.61. The minimum absolute atomic E-state index is 0.117. The van der Waals surface area contributed by atoms with Crippen molar-refractivity contribution in [2.45, 2.75) is 37.6 Å². The second-order valence-electron chi connectivity index (χ2n) is 10.9. The van der Waals surface area contributed by atoms with Crippen molar-refractivity contribution in [1.29, 1.82) is 0 Å². The van der Waals surface area contributed by atoms with Gasteiger partial charge in [-0.25, -0.2) is 9.97 Å². The standard InChI is InChI=1S/C33H30N4O5/c38-29-10-8-26-17-28(29)32(39)34-12-2-14-41-24-4-1-3-22(16-24)30-27-9-7-25(42-26)15-21(27)11-13-37(30)33(40)23-18-35-31(36-19-23)20-5-6-20/h1,3-4,7-10,15-20,30,38H,2,5-6,11-14H2,(H,34,39). The summed E-state index contributed by atoms with van der Waals surface area (Å²) in [4.78, 5) is 37.5. The van der Waals surface area contributed by atoms with Crippen molar-refractivity contribution in [3.63, 3.8) is 0 Å². The van der Waals surface area contributed by atoms with Crippen molar-refractivity contribution in [3.8, 4) is 23.0 Å². The Hall–Kier alpha value is -4.92. The molecule has 3 aromatic carbocycles. The third-order valence-electron chi connectivity index (χ3n) is 7.96. The number of aromatic hydroxyl groups is 1. The van der Waals surface area contributed by atoms with E-state index in [9.17, 15) is 14.7 Å². The Bertz CT molecular complexity index is 1670. The molecule has 0 spiro atoms. The molecule has 0 saturated heterocycles. The van der Waals surface area contributed by atoms with Crippen LogP contribution in [0.4, 0.5) is 0 Å². The van der Waals surface area contributed by atoms with Gasteiger partial charge in [0.05, 0.1) is 23.8 Å². The first-order chi connectivity index (χ1) is 20.5. The second-order valence-corrected chi connectivity index (χ2v) is 10.9. The fourth-order valence-corrected chi connectivity index (χ4v) is 5.64. The van der Waals surface area contributed by atoms with Gasteiger partial charge in [-0.3, -0.25) is 9.59 Å². The lowest BCUT2D eigenvalue weighted by Gasteiger charge is -2.38. The van der Waals surface area contributed by atoms with E-state index in [0.29, 0.717) is 61.3 Å². The number of hydrogen-bond acceptors (Lipinski definition) is 7. The number of rotatable bonds is 2. The van der Waals surface area contributed by atoms with Crippen molar-refractivity contribution in [1.82, 2.24) is 20.2 Å². The molecule has 8 bridgehead atoms. The number of carbonyl (C=O) groups excluding carboxylic acids is 2. The zero-order chi connectivity index (χ0) is 28.6. The molecule has 3 aliphatic heterocycles. The Morgan fingerprint density at radius 1 is 0.976 bits per heavy atom. The lowest BCUT2D eigenvalue weighted by molar-refractivity contribution is 0.0693. The quantitative estimate of drug-likeness (QED) is 0.347. The van der Waals surface area contributed by atoms with E-state index in [1.807, 2.05) is 47.4 Å². The first kappa shape index (κ1) is 26.0. The average molecular weight is 563 g/mol. The predicted octanol–water partition coefficient (Wildman–Crippen LogP) is 5.15. The molecular weight excluding hydrogens is 532 g/mol. The summed E-state index contributed by atoms with van der Waals surface area (Å²) in [5, 5.41) is 13.1. The molecule has 0 radical (unpaired) electrons. The maximum atomic E-state index is 13.9. The molecule has 42 heavy (non-hydrogen) atoms. The Balaban J connectivity index is 1.28. The van der Waals surface area contributed by atoms with Crippen molar-refractivity contribution in [3.05, 3.63) is 107 Å². The molecule has 2 amide bonds. The highest BCUT2D eigenvalue weighted by Gasteiger charge is 2.34. The van der Waals surface area contributed by atoms with E-state index in [1.165, 1.54) is 12.1 Å². The van der Waals surface area contributed by atoms with E-state index in [-0.39, 0.29) is 29.2 Å². The predicted molar refractivity (Wildman–Crippen MR) is 154 cm³/mol. The summed E-state index contributed by atoms with van der Waals surface area (Å²) in [6.45, 7) is 1.26. The van der Waals surface area contributed by atoms with E-state index in [4.69, 9.17) is 9.47 Å². The Kier molecular flexibility index (Phi) is 6.70. The van der Waals surface area contributed by atoms with Gasteiger partial charge in [0.25, 0.3) is 11.8 Å². The normalized spacial score (nSPS) is 18.2. The van der Waals surface area contributed by atoms with Crippen LogP contribution in [0.5, 0.6) is 23.0 Å². The van der Waals surface area contributed by atoms with Gasteiger partial charge in [0.2, 0.25) is 0 Å². The maximum absolute atomic E-state index is 13.9. The summed E-state index contributed by atoms with van der Waals surface area (Å²) >= 11 is 0. The number of nitrogens with one attached hydrogen (secondary N) is 1. The van der Waals surface area contributed by atoms with E-state index in [1.54, 1.807) is 18.5 Å². The third kappa shape index (κ3) is 5.13. The number of hydrogen-bond donors (Lipinski definition) is 2. The van der Waals surface area contributed by atoms with Gasteiger partial charge in [0.15, 0.2) is 0 Å². The van der Waals surface area contributed by atoms with Crippen molar-refractivity contribution >= 4 is 11.8 Å². The molecule has 9 nitrogen and oxygen atoms in total. The lowest BCUT2D eigenvalue weighted by Crippen LogP contribution is -2.40. The van der Waals surface area contributed by atoms with Crippen LogP contribution in [0.2, 0.25) is 0 Å². The highest BCUT2D eigenvalue weighted by molar-refractivity contribution is 5.97. The number of fused-ring (bicyclic) bond motifs is 6. The number of ether oxygens (including phenoxy) is 2. The number of phenolic OH excluding ortho intramolecular Hbond substituents is 1. The number of amides is 2. The summed E-state index contributed by atoms with van der Waals surface area (Å²) in [6, 6.07) is 17.9. The minimum Gasteiger partial charge on any atom is -0.507 e. The molecular formula is C33H30N4O5. The van der Waals surface area contributed by atoms with Crippen LogP contribution in [-0.4, -0.2) is 51.5 Å². The zero-order valence-corrected chi connectivity index (χ0v) is 23.0. The highest BCUT2D eigenvalue weighted by atomic mass is 16.5. The molecule has 4 aliphatic rings. The molecule has 2 N–H and O–H groups in total. The summed E-state index contributed by atoms with van der Waals surface area (Å²) < 4.78 is 12.2. The molecule has 1 atom stereocenters. The first-order valence-electron chi connectivity index (χ1n) is 14.3. The van der Waals surface area contributed by atoms with Crippen molar-refractivity contribution < 1.29 is 24.2 Å². The lowest BCUT2D eigenvalue weighted by atomic mass is 9.87. The van der Waals surface area contributed by atoms with Gasteiger partial charge < -0.3 is 24.8 Å². The third-order valence-corrected chi connectivity index (χ3v) is 7.96. The number of aromatic nitrogens is 2. The van der Waals surface area contributed by atoms with Gasteiger partial charge in [0, 0.05) is 31.4 Å². The van der Waals surface area contributed by atoms with Gasteiger partial charge in [-0.2, -0.15) is 0 Å². The second kappa shape index (κ2) is 10.8. The number of phenols is 1. The highest BCUT2D eigenvalue weighted by Crippen LogP contribution is 2.40. The SMILES string of the molecule is O=C1NCCCOc2cccc(c2)C2c3ccc(cc3CCN2C(=O)c2cnc(C3CC3)nc2)Oc2ccc(O)c1c2. The topological polar surface area (TPSA) is 114 Å². The zero-order valence-electron chi connectivity index (χ0n) is 23.0. The smallest absolute Gasteiger partial charge is 0.257 e. The Morgan fingerprint density at radius 3 is 2.62 bits per heavy atom. The van der Waals surface area contributed by atoms with Crippen LogP contribution in [-0.2, 0) is 6.42 Å². The van der Waals surface area contributed by atoms with Crippen LogP contribution in [0, 0.1) is 0 Å². The van der Waals surface area contributed by atoms with Gasteiger partial charge in [-0.15, -0.1) is 0 Å². The first-order valence-corrected chi connectivity index (χ1v) is 14.3. The van der Waals surface area contributed by atoms with Crippen LogP contribution in [0.15, 0.2) is 73.1 Å². The van der Waals surface area contributed by atoms with Crippen LogP contribution in [0.1, 0.15) is 74.5 Å². The van der Waals surface area contributed by atoms with Gasteiger partial charge in [-0.05, 0) is 84.8 Å². The van der Waals surface area contributed by atoms with Gasteiger partial charge >= 0.3 is 0 Å². The summed E-state index contributed by atoms with van der Waals surface area (Å²) in [5.74, 6) is 2.34. The largest absolute Gasteiger partial charge is 0.507 e. The minimum atomic E-state index is -0.383. The molecule has 1 aromatic heterocycles. The molecule has 8 rings (SSSR count). The molecule has 1 saturated carbocycles. The number of benzene rings is 3. The number of carbonyl (C=O) groups is 2. The van der Waals surface area contributed by atoms with E-state index < -0.39 is 0 Å². The van der Waals surface area contributed by atoms with Crippen molar-refractivity contribution in [2.24, 2.45) is 0 Å². The van der Waals surface area contributed by atoms with E-state index in [2.05, 4.69) is 15.3 Å². The summed E-state index contributed by atoms with van der Waals surface area (Å²) in [6.07, 6.45) is 6.72. The molecule has 9 heteroatoms. The Morgan fingerprint density at radius 2 is 1.79 bits per heavy atom. The van der Waals surface area contributed by atoms with Crippen LogP contribution < -0.4 is 14.8 Å². The average Bonchev–Trinajstić information content (AvgIpc) is 3.86. The van der Waals surface area contributed by atoms with Crippen LogP contribution in [0.3, 0.4) is 0 Å². The Labute approximate surface area is 243 Å². The van der Waals surface area contributed by atoms with Crippen molar-refractivity contribution in [2.75, 3.05) is 19.7 Å². The molecule has 4 heterocycles. The monoisotopic (exact) mass is 562 g/mol. The van der Waals surface area contributed by atoms with Crippen LogP contribution >= 0.6 is 0 Å². The molecule has 1 fully saturated rings. The maximum Gasteiger partial charge on any atom is 0.257 e. The van der Waals surface area contributed by atoms with E-state index >= 15 is 0 Å². The number of nitrogens with zero attached hydrogens (tertiary/aromatic N) is 3. The molecule has 212 valence electrons. The van der Waals surface area contributed by atoms with Gasteiger partial charge in [-0.1, -0.05) is 18.2 Å².